The summed E-state index contributed by atoms with van der Waals surface area (Å²) in [5, 5.41) is 7.96. The summed E-state index contributed by atoms with van der Waals surface area (Å²) >= 11 is 13.7. The second kappa shape index (κ2) is 6.64. The second-order valence-corrected chi connectivity index (χ2v) is 7.37. The van der Waals surface area contributed by atoms with E-state index >= 15 is 0 Å². The van der Waals surface area contributed by atoms with Crippen molar-refractivity contribution in [2.24, 2.45) is 0 Å². The zero-order valence-electron chi connectivity index (χ0n) is 13.3. The number of anilines is 2. The molecule has 0 atom stereocenters. The Balaban J connectivity index is 1.84. The first kappa shape index (κ1) is 16.3. The molecular formula is C19H13Cl2N3S. The number of benzene rings is 2. The predicted molar refractivity (Wildman–Crippen MR) is 107 cm³/mol. The van der Waals surface area contributed by atoms with Gasteiger partial charge in [-0.05, 0) is 48.4 Å². The smallest absolute Gasteiger partial charge is 0.143 e. The summed E-state index contributed by atoms with van der Waals surface area (Å²) < 4.78 is 0. The topological polar surface area (TPSA) is 37.8 Å². The van der Waals surface area contributed by atoms with Crippen molar-refractivity contribution in [1.29, 1.82) is 0 Å². The third-order valence-electron chi connectivity index (χ3n) is 3.97. The van der Waals surface area contributed by atoms with Gasteiger partial charge in [-0.1, -0.05) is 35.3 Å². The van der Waals surface area contributed by atoms with E-state index in [2.05, 4.69) is 20.7 Å². The highest BCUT2D eigenvalue weighted by Gasteiger charge is 2.14. The monoisotopic (exact) mass is 385 g/mol. The van der Waals surface area contributed by atoms with Gasteiger partial charge in [0.05, 0.1) is 5.39 Å². The van der Waals surface area contributed by atoms with Gasteiger partial charge in [-0.2, -0.15) is 0 Å². The van der Waals surface area contributed by atoms with Crippen LogP contribution in [0, 0.1) is 6.92 Å². The summed E-state index contributed by atoms with van der Waals surface area (Å²) in [5.74, 6) is 0.779. The molecule has 0 radical (unpaired) electrons. The van der Waals surface area contributed by atoms with E-state index in [0.29, 0.717) is 5.02 Å². The van der Waals surface area contributed by atoms with Crippen molar-refractivity contribution >= 4 is 56.3 Å². The van der Waals surface area contributed by atoms with Crippen molar-refractivity contribution in [2.45, 2.75) is 6.92 Å². The minimum atomic E-state index is 0.716. The molecule has 0 spiro atoms. The van der Waals surface area contributed by atoms with Gasteiger partial charge in [-0.25, -0.2) is 9.97 Å². The number of aryl methyl sites for hydroxylation is 1. The van der Waals surface area contributed by atoms with Crippen LogP contribution in [-0.2, 0) is 0 Å². The number of halogens is 2. The molecule has 0 saturated heterocycles. The molecule has 2 aromatic heterocycles. The lowest BCUT2D eigenvalue weighted by atomic mass is 10.1. The van der Waals surface area contributed by atoms with Gasteiger partial charge in [0.1, 0.15) is 17.0 Å². The molecule has 4 aromatic rings. The highest BCUT2D eigenvalue weighted by atomic mass is 35.5. The van der Waals surface area contributed by atoms with Crippen molar-refractivity contribution in [1.82, 2.24) is 9.97 Å². The summed E-state index contributed by atoms with van der Waals surface area (Å²) in [5.41, 5.74) is 4.20. The van der Waals surface area contributed by atoms with Crippen LogP contribution in [0.2, 0.25) is 10.0 Å². The minimum Gasteiger partial charge on any atom is -0.339 e. The van der Waals surface area contributed by atoms with E-state index in [0.717, 1.165) is 43.4 Å². The Labute approximate surface area is 159 Å². The van der Waals surface area contributed by atoms with E-state index in [-0.39, 0.29) is 0 Å². The zero-order valence-corrected chi connectivity index (χ0v) is 15.6. The van der Waals surface area contributed by atoms with Crippen LogP contribution >= 0.6 is 34.5 Å². The number of rotatable bonds is 3. The predicted octanol–water partition coefficient (Wildman–Crippen LogP) is 6.72. The van der Waals surface area contributed by atoms with Gasteiger partial charge in [0.15, 0.2) is 0 Å². The Hall–Kier alpha value is -2.14. The Morgan fingerprint density at radius 2 is 1.72 bits per heavy atom. The maximum Gasteiger partial charge on any atom is 0.143 e. The number of nitrogens with zero attached hydrogens (tertiary/aromatic N) is 2. The Morgan fingerprint density at radius 3 is 2.48 bits per heavy atom. The first-order valence-electron chi connectivity index (χ1n) is 7.63. The minimum absolute atomic E-state index is 0.716. The fourth-order valence-corrected chi connectivity index (χ4v) is 3.98. The zero-order chi connectivity index (χ0) is 17.4. The standard InChI is InChI=1S/C19H13Cl2N3S/c1-11-8-14(21)6-7-16(11)24-18-17-15(9-25-19(17)23-10-22-18)12-2-4-13(20)5-3-12/h2-10H,1H3,(H,22,23,24). The van der Waals surface area contributed by atoms with Gasteiger partial charge >= 0.3 is 0 Å². The quantitative estimate of drug-likeness (QED) is 0.425. The average Bonchev–Trinajstić information content (AvgIpc) is 3.03. The number of hydrogen-bond acceptors (Lipinski definition) is 4. The van der Waals surface area contributed by atoms with E-state index in [1.165, 1.54) is 0 Å². The van der Waals surface area contributed by atoms with Crippen LogP contribution in [0.3, 0.4) is 0 Å². The van der Waals surface area contributed by atoms with E-state index in [9.17, 15) is 0 Å². The van der Waals surface area contributed by atoms with E-state index in [1.54, 1.807) is 17.7 Å². The van der Waals surface area contributed by atoms with Crippen LogP contribution in [-0.4, -0.2) is 9.97 Å². The van der Waals surface area contributed by atoms with Crippen molar-refractivity contribution in [2.75, 3.05) is 5.32 Å². The molecular weight excluding hydrogens is 373 g/mol. The van der Waals surface area contributed by atoms with Crippen molar-refractivity contribution in [3.63, 3.8) is 0 Å². The van der Waals surface area contributed by atoms with Gasteiger partial charge in [-0.15, -0.1) is 11.3 Å². The molecule has 0 unspecified atom stereocenters. The van der Waals surface area contributed by atoms with Gasteiger partial charge in [-0.3, -0.25) is 0 Å². The van der Waals surface area contributed by atoms with Crippen molar-refractivity contribution in [3.05, 3.63) is 69.8 Å². The number of thiophene rings is 1. The molecule has 6 heteroatoms. The molecule has 2 aromatic carbocycles. The maximum atomic E-state index is 6.05. The van der Waals surface area contributed by atoms with Crippen LogP contribution in [0.1, 0.15) is 5.56 Å². The van der Waals surface area contributed by atoms with E-state index in [4.69, 9.17) is 23.2 Å². The number of nitrogens with one attached hydrogen (secondary N) is 1. The SMILES string of the molecule is Cc1cc(Cl)ccc1Nc1ncnc2scc(-c3ccc(Cl)cc3)c12. The Morgan fingerprint density at radius 1 is 0.960 bits per heavy atom. The molecule has 0 aliphatic carbocycles. The molecule has 25 heavy (non-hydrogen) atoms. The maximum absolute atomic E-state index is 6.05. The van der Waals surface area contributed by atoms with Crippen LogP contribution in [0.25, 0.3) is 21.3 Å². The van der Waals surface area contributed by atoms with Crippen LogP contribution in [0.15, 0.2) is 54.2 Å². The fraction of sp³-hybridized carbons (Fsp3) is 0.0526. The Bertz CT molecular complexity index is 1060. The van der Waals surface area contributed by atoms with Gasteiger partial charge in [0, 0.05) is 26.7 Å². The summed E-state index contributed by atoms with van der Waals surface area (Å²) in [6.07, 6.45) is 1.58. The third-order valence-corrected chi connectivity index (χ3v) is 5.34. The fourth-order valence-electron chi connectivity index (χ4n) is 2.71. The van der Waals surface area contributed by atoms with Gasteiger partial charge < -0.3 is 5.32 Å². The molecule has 0 saturated carbocycles. The first-order chi connectivity index (χ1) is 12.1. The second-order valence-electron chi connectivity index (χ2n) is 5.64. The molecule has 0 bridgehead atoms. The average molecular weight is 386 g/mol. The molecule has 0 aliphatic heterocycles. The number of aromatic nitrogens is 2. The molecule has 4 rings (SSSR count). The van der Waals surface area contributed by atoms with Crippen LogP contribution < -0.4 is 5.32 Å². The van der Waals surface area contributed by atoms with Crippen LogP contribution in [0.5, 0.6) is 0 Å². The van der Waals surface area contributed by atoms with Crippen LogP contribution in [0.4, 0.5) is 11.5 Å². The normalized spacial score (nSPS) is 11.0. The van der Waals surface area contributed by atoms with Gasteiger partial charge in [0.25, 0.3) is 0 Å². The summed E-state index contributed by atoms with van der Waals surface area (Å²) in [4.78, 5) is 9.81. The molecule has 124 valence electrons. The molecule has 0 fully saturated rings. The van der Waals surface area contributed by atoms with E-state index in [1.807, 2.05) is 49.4 Å². The van der Waals surface area contributed by atoms with Crippen molar-refractivity contribution < 1.29 is 0 Å². The molecule has 2 heterocycles. The molecule has 1 N–H and O–H groups in total. The lowest BCUT2D eigenvalue weighted by molar-refractivity contribution is 1.23. The molecule has 3 nitrogen and oxygen atoms in total. The summed E-state index contributed by atoms with van der Waals surface area (Å²) in [6.45, 7) is 2.01. The summed E-state index contributed by atoms with van der Waals surface area (Å²) in [7, 11) is 0. The largest absolute Gasteiger partial charge is 0.339 e. The first-order valence-corrected chi connectivity index (χ1v) is 9.27. The lowest BCUT2D eigenvalue weighted by Crippen LogP contribution is -1.97. The van der Waals surface area contributed by atoms with Crippen molar-refractivity contribution in [3.8, 4) is 11.1 Å². The summed E-state index contributed by atoms with van der Waals surface area (Å²) in [6, 6.07) is 13.5. The highest BCUT2D eigenvalue weighted by Crippen LogP contribution is 2.38. The highest BCUT2D eigenvalue weighted by molar-refractivity contribution is 7.17. The third kappa shape index (κ3) is 3.21. The Kier molecular flexibility index (Phi) is 4.34. The van der Waals surface area contributed by atoms with E-state index < -0.39 is 0 Å². The number of fused-ring (bicyclic) bond motifs is 1. The molecule has 0 amide bonds. The lowest BCUT2D eigenvalue weighted by Gasteiger charge is -2.11. The molecule has 0 aliphatic rings. The number of hydrogen-bond donors (Lipinski definition) is 1. The van der Waals surface area contributed by atoms with Gasteiger partial charge in [0.2, 0.25) is 0 Å².